The Balaban J connectivity index is 1.34. The number of aryl methyl sites for hydroxylation is 1. The zero-order valence-electron chi connectivity index (χ0n) is 16.2. The number of piperidine rings is 1. The van der Waals surface area contributed by atoms with Crippen LogP contribution in [0.25, 0.3) is 0 Å². The quantitative estimate of drug-likeness (QED) is 0.763. The van der Waals surface area contributed by atoms with E-state index in [1.165, 1.54) is 11.8 Å². The molecule has 0 aromatic heterocycles. The number of rotatable bonds is 3. The summed E-state index contributed by atoms with van der Waals surface area (Å²) in [5.74, 6) is -0.605. The van der Waals surface area contributed by atoms with Crippen molar-refractivity contribution in [2.45, 2.75) is 29.9 Å². The van der Waals surface area contributed by atoms with E-state index in [0.29, 0.717) is 25.9 Å². The molecule has 0 aliphatic carbocycles. The van der Waals surface area contributed by atoms with Gasteiger partial charge in [-0.2, -0.15) is 0 Å². The van der Waals surface area contributed by atoms with Gasteiger partial charge >= 0.3 is 0 Å². The number of likely N-dealkylation sites (tertiary alicyclic amines) is 1. The number of nitrogens with one attached hydrogen (secondary N) is 2. The van der Waals surface area contributed by atoms with E-state index in [9.17, 15) is 14.4 Å². The Morgan fingerprint density at radius 2 is 1.86 bits per heavy atom. The number of hydrogen-bond donors (Lipinski definition) is 2. The molecule has 0 saturated carbocycles. The van der Waals surface area contributed by atoms with Gasteiger partial charge in [-0.1, -0.05) is 24.3 Å². The van der Waals surface area contributed by atoms with E-state index in [0.717, 1.165) is 21.8 Å². The fourth-order valence-corrected chi connectivity index (χ4v) is 4.78. The number of amides is 3. The van der Waals surface area contributed by atoms with Crippen molar-refractivity contribution in [1.29, 1.82) is 0 Å². The molecule has 0 bridgehead atoms. The molecule has 2 aromatic rings. The summed E-state index contributed by atoms with van der Waals surface area (Å²) in [6, 6.07) is 15.2. The second-order valence-electron chi connectivity index (χ2n) is 7.44. The summed E-state index contributed by atoms with van der Waals surface area (Å²) in [7, 11) is 0. The first-order valence-corrected chi connectivity index (χ1v) is 10.6. The Labute approximate surface area is 174 Å². The zero-order chi connectivity index (χ0) is 20.4. The van der Waals surface area contributed by atoms with E-state index in [-0.39, 0.29) is 23.6 Å². The minimum absolute atomic E-state index is 0.0126. The van der Waals surface area contributed by atoms with Gasteiger partial charge in [0.05, 0.1) is 5.69 Å². The number of fused-ring (bicyclic) bond motifs is 1. The third-order valence-electron chi connectivity index (χ3n) is 5.32. The molecular formula is C22H23N3O3S. The fraction of sp³-hybridized carbons (Fsp3) is 0.318. The zero-order valence-corrected chi connectivity index (χ0v) is 17.0. The first kappa shape index (κ1) is 19.5. The molecule has 3 amide bonds. The van der Waals surface area contributed by atoms with Crippen molar-refractivity contribution in [2.75, 3.05) is 23.7 Å². The second-order valence-corrected chi connectivity index (χ2v) is 8.59. The molecule has 2 N–H and O–H groups in total. The van der Waals surface area contributed by atoms with Gasteiger partial charge in [0.25, 0.3) is 0 Å². The number of thioether (sulfide) groups is 1. The lowest BCUT2D eigenvalue weighted by Gasteiger charge is -2.34. The molecule has 150 valence electrons. The maximum atomic E-state index is 12.9. The molecule has 6 nitrogen and oxygen atoms in total. The van der Waals surface area contributed by atoms with Gasteiger partial charge in [-0.05, 0) is 49.6 Å². The Morgan fingerprint density at radius 3 is 2.62 bits per heavy atom. The summed E-state index contributed by atoms with van der Waals surface area (Å²) in [5, 5.41) is 5.01. The Morgan fingerprint density at radius 1 is 1.10 bits per heavy atom. The summed E-state index contributed by atoms with van der Waals surface area (Å²) in [5.41, 5.74) is 2.63. The van der Waals surface area contributed by atoms with E-state index in [2.05, 4.69) is 10.6 Å². The standard InChI is InChI=1S/C22H23N3O3S/c1-14-5-4-6-16(13-14)23-20(26)15-9-11-25(12-10-15)22(28)19-21(27)24-17-7-2-3-8-18(17)29-19/h2-8,13,15,19H,9-12H2,1H3,(H,23,26)(H,24,27). The first-order valence-electron chi connectivity index (χ1n) is 9.74. The molecule has 1 saturated heterocycles. The van der Waals surface area contributed by atoms with Crippen LogP contribution in [0.15, 0.2) is 53.4 Å². The Hall–Kier alpha value is -2.80. The fourth-order valence-electron chi connectivity index (χ4n) is 3.71. The van der Waals surface area contributed by atoms with Gasteiger partial charge in [0.1, 0.15) is 0 Å². The van der Waals surface area contributed by atoms with E-state index in [4.69, 9.17) is 0 Å². The molecule has 4 rings (SSSR count). The Kier molecular flexibility index (Phi) is 5.58. The predicted octanol–water partition coefficient (Wildman–Crippen LogP) is 3.29. The van der Waals surface area contributed by atoms with Crippen LogP contribution < -0.4 is 10.6 Å². The molecule has 2 aliphatic heterocycles. The predicted molar refractivity (Wildman–Crippen MR) is 114 cm³/mol. The number of anilines is 2. The first-order chi connectivity index (χ1) is 14.0. The average Bonchev–Trinajstić information content (AvgIpc) is 2.73. The molecule has 29 heavy (non-hydrogen) atoms. The Bertz CT molecular complexity index is 954. The van der Waals surface area contributed by atoms with Crippen LogP contribution in [-0.2, 0) is 14.4 Å². The third kappa shape index (κ3) is 4.29. The molecule has 2 aromatic carbocycles. The third-order valence-corrected chi connectivity index (χ3v) is 6.58. The van der Waals surface area contributed by atoms with Crippen molar-refractivity contribution in [3.63, 3.8) is 0 Å². The van der Waals surface area contributed by atoms with Crippen LogP contribution in [-0.4, -0.2) is 41.0 Å². The minimum Gasteiger partial charge on any atom is -0.341 e. The molecule has 7 heteroatoms. The van der Waals surface area contributed by atoms with Crippen molar-refractivity contribution in [3.05, 3.63) is 54.1 Å². The van der Waals surface area contributed by atoms with E-state index in [1.54, 1.807) is 4.90 Å². The van der Waals surface area contributed by atoms with Gasteiger partial charge in [0, 0.05) is 29.6 Å². The number of carbonyl (C=O) groups excluding carboxylic acids is 3. The second kappa shape index (κ2) is 8.29. The lowest BCUT2D eigenvalue weighted by atomic mass is 9.95. The van der Waals surface area contributed by atoms with E-state index in [1.807, 2.05) is 55.5 Å². The maximum Gasteiger partial charge on any atom is 0.247 e. The van der Waals surface area contributed by atoms with Gasteiger partial charge in [-0.25, -0.2) is 0 Å². The molecular weight excluding hydrogens is 386 g/mol. The molecule has 2 heterocycles. The van der Waals surface area contributed by atoms with Crippen molar-refractivity contribution in [1.82, 2.24) is 4.90 Å². The lowest BCUT2D eigenvalue weighted by molar-refractivity contribution is -0.136. The van der Waals surface area contributed by atoms with E-state index < -0.39 is 5.25 Å². The van der Waals surface area contributed by atoms with Crippen LogP contribution >= 0.6 is 11.8 Å². The number of carbonyl (C=O) groups is 3. The van der Waals surface area contributed by atoms with Crippen LogP contribution in [0.1, 0.15) is 18.4 Å². The van der Waals surface area contributed by atoms with Gasteiger partial charge in [-0.15, -0.1) is 11.8 Å². The van der Waals surface area contributed by atoms with Crippen LogP contribution in [0.3, 0.4) is 0 Å². The SMILES string of the molecule is Cc1cccc(NC(=O)C2CCN(C(=O)C3Sc4ccccc4NC3=O)CC2)c1. The highest BCUT2D eigenvalue weighted by Gasteiger charge is 2.37. The molecule has 0 radical (unpaired) electrons. The largest absolute Gasteiger partial charge is 0.341 e. The topological polar surface area (TPSA) is 78.5 Å². The normalized spacial score (nSPS) is 19.3. The number of hydrogen-bond acceptors (Lipinski definition) is 4. The summed E-state index contributed by atoms with van der Waals surface area (Å²) in [6.07, 6.45) is 1.19. The van der Waals surface area contributed by atoms with Gasteiger partial charge in [-0.3, -0.25) is 14.4 Å². The highest BCUT2D eigenvalue weighted by atomic mass is 32.2. The maximum absolute atomic E-state index is 12.9. The van der Waals surface area contributed by atoms with Crippen molar-refractivity contribution < 1.29 is 14.4 Å². The van der Waals surface area contributed by atoms with Gasteiger partial charge < -0.3 is 15.5 Å². The lowest BCUT2D eigenvalue weighted by Crippen LogP contribution is -2.48. The highest BCUT2D eigenvalue weighted by Crippen LogP contribution is 2.36. The van der Waals surface area contributed by atoms with Crippen molar-refractivity contribution in [2.24, 2.45) is 5.92 Å². The summed E-state index contributed by atoms with van der Waals surface area (Å²) < 4.78 is 0. The average molecular weight is 410 g/mol. The smallest absolute Gasteiger partial charge is 0.247 e. The summed E-state index contributed by atoms with van der Waals surface area (Å²) in [6.45, 7) is 2.95. The van der Waals surface area contributed by atoms with Gasteiger partial charge in [0.2, 0.25) is 17.7 Å². The minimum atomic E-state index is -0.775. The van der Waals surface area contributed by atoms with E-state index >= 15 is 0 Å². The van der Waals surface area contributed by atoms with Crippen LogP contribution in [0.2, 0.25) is 0 Å². The molecule has 0 spiro atoms. The number of para-hydroxylation sites is 1. The molecule has 1 atom stereocenters. The molecule has 2 aliphatic rings. The monoisotopic (exact) mass is 409 g/mol. The van der Waals surface area contributed by atoms with Crippen LogP contribution in [0, 0.1) is 12.8 Å². The highest BCUT2D eigenvalue weighted by molar-refractivity contribution is 8.01. The van der Waals surface area contributed by atoms with Crippen molar-refractivity contribution >= 4 is 40.9 Å². The number of benzene rings is 2. The van der Waals surface area contributed by atoms with Crippen LogP contribution in [0.5, 0.6) is 0 Å². The summed E-state index contributed by atoms with van der Waals surface area (Å²) in [4.78, 5) is 40.5. The van der Waals surface area contributed by atoms with Crippen molar-refractivity contribution in [3.8, 4) is 0 Å². The molecule has 1 fully saturated rings. The number of nitrogens with zero attached hydrogens (tertiary/aromatic N) is 1. The van der Waals surface area contributed by atoms with Crippen LogP contribution in [0.4, 0.5) is 11.4 Å². The van der Waals surface area contributed by atoms with Gasteiger partial charge in [0.15, 0.2) is 5.25 Å². The summed E-state index contributed by atoms with van der Waals surface area (Å²) >= 11 is 1.29. The molecule has 1 unspecified atom stereocenters.